The number of nitrogens with zero attached hydrogens (tertiary/aromatic N) is 3. The van der Waals surface area contributed by atoms with E-state index < -0.39 is 6.43 Å². The van der Waals surface area contributed by atoms with Crippen molar-refractivity contribution in [2.24, 2.45) is 4.99 Å². The van der Waals surface area contributed by atoms with E-state index in [1.807, 2.05) is 30.9 Å². The van der Waals surface area contributed by atoms with Gasteiger partial charge < -0.3 is 10.6 Å². The number of guanidine groups is 1. The molecule has 0 radical (unpaired) electrons. The van der Waals surface area contributed by atoms with Crippen molar-refractivity contribution in [1.82, 2.24) is 20.5 Å². The van der Waals surface area contributed by atoms with Crippen LogP contribution in [0.2, 0.25) is 0 Å². The molecule has 0 aliphatic carbocycles. The minimum Gasteiger partial charge on any atom is -0.357 e. The van der Waals surface area contributed by atoms with E-state index in [9.17, 15) is 8.78 Å². The van der Waals surface area contributed by atoms with Crippen LogP contribution in [0.5, 0.6) is 0 Å². The van der Waals surface area contributed by atoms with Crippen LogP contribution in [0.25, 0.3) is 0 Å². The highest BCUT2D eigenvalue weighted by Gasteiger charge is 2.21. The summed E-state index contributed by atoms with van der Waals surface area (Å²) in [7, 11) is 0. The van der Waals surface area contributed by atoms with E-state index in [4.69, 9.17) is 0 Å². The fourth-order valence-corrected chi connectivity index (χ4v) is 2.81. The third-order valence-corrected chi connectivity index (χ3v) is 4.17. The number of aromatic nitrogens is 1. The first-order valence-electron chi connectivity index (χ1n) is 8.54. The van der Waals surface area contributed by atoms with Crippen LogP contribution >= 0.6 is 0 Å². The number of aliphatic imine (C=N–C) groups is 1. The van der Waals surface area contributed by atoms with Gasteiger partial charge in [-0.25, -0.2) is 13.8 Å². The molecule has 1 aromatic heterocycles. The molecular formula is C17H27F2N5. The predicted octanol–water partition coefficient (Wildman–Crippen LogP) is 2.17. The quantitative estimate of drug-likeness (QED) is 0.616. The van der Waals surface area contributed by atoms with Crippen molar-refractivity contribution in [3.05, 3.63) is 29.6 Å². The van der Waals surface area contributed by atoms with E-state index in [0.717, 1.165) is 36.6 Å². The lowest BCUT2D eigenvalue weighted by Gasteiger charge is -2.32. The molecular weight excluding hydrogens is 312 g/mol. The maximum Gasteiger partial charge on any atom is 0.251 e. The fourth-order valence-electron chi connectivity index (χ4n) is 2.81. The molecule has 0 spiro atoms. The highest BCUT2D eigenvalue weighted by Crippen LogP contribution is 2.12. The minimum absolute atomic E-state index is 0.125. The van der Waals surface area contributed by atoms with Crippen LogP contribution in [0.3, 0.4) is 0 Å². The van der Waals surface area contributed by atoms with E-state index in [1.54, 1.807) is 6.20 Å². The summed E-state index contributed by atoms with van der Waals surface area (Å²) in [5.74, 6) is 0.759. The molecule has 0 amide bonds. The molecule has 24 heavy (non-hydrogen) atoms. The largest absolute Gasteiger partial charge is 0.357 e. The number of pyridine rings is 1. The van der Waals surface area contributed by atoms with Crippen molar-refractivity contribution >= 4 is 5.96 Å². The number of likely N-dealkylation sites (tertiary alicyclic amines) is 1. The Morgan fingerprint density at radius 3 is 2.79 bits per heavy atom. The van der Waals surface area contributed by atoms with Crippen LogP contribution in [0.15, 0.2) is 23.3 Å². The summed E-state index contributed by atoms with van der Waals surface area (Å²) in [4.78, 5) is 10.8. The van der Waals surface area contributed by atoms with E-state index in [-0.39, 0.29) is 12.6 Å². The van der Waals surface area contributed by atoms with Gasteiger partial charge in [0.1, 0.15) is 0 Å². The Bertz CT molecular complexity index is 527. The monoisotopic (exact) mass is 339 g/mol. The van der Waals surface area contributed by atoms with Gasteiger partial charge in [-0.15, -0.1) is 0 Å². The maximum absolute atomic E-state index is 12.4. The molecule has 1 fully saturated rings. The second kappa shape index (κ2) is 9.52. The summed E-state index contributed by atoms with van der Waals surface area (Å²) in [6, 6.07) is 4.21. The Hall–Kier alpha value is -1.76. The zero-order valence-electron chi connectivity index (χ0n) is 14.4. The highest BCUT2D eigenvalue weighted by atomic mass is 19.3. The van der Waals surface area contributed by atoms with E-state index >= 15 is 0 Å². The summed E-state index contributed by atoms with van der Waals surface area (Å²) < 4.78 is 24.9. The minimum atomic E-state index is -2.25. The Morgan fingerprint density at radius 2 is 2.17 bits per heavy atom. The van der Waals surface area contributed by atoms with Gasteiger partial charge >= 0.3 is 0 Å². The van der Waals surface area contributed by atoms with Gasteiger partial charge in [0.25, 0.3) is 6.43 Å². The van der Waals surface area contributed by atoms with Crippen LogP contribution in [0.1, 0.15) is 31.0 Å². The predicted molar refractivity (Wildman–Crippen MR) is 92.4 cm³/mol. The SMILES string of the molecule is CCNC(=NCc1ncccc1C)NC1CCN(CC(F)F)CC1. The number of aryl methyl sites for hydroxylation is 1. The maximum atomic E-state index is 12.4. The van der Waals surface area contributed by atoms with Crippen molar-refractivity contribution < 1.29 is 8.78 Å². The molecule has 5 nitrogen and oxygen atoms in total. The summed E-state index contributed by atoms with van der Waals surface area (Å²) in [6.07, 6.45) is 1.21. The first-order chi connectivity index (χ1) is 11.6. The molecule has 0 unspecified atom stereocenters. The van der Waals surface area contributed by atoms with Gasteiger partial charge in [0.05, 0.1) is 18.8 Å². The second-order valence-electron chi connectivity index (χ2n) is 6.07. The molecule has 2 N–H and O–H groups in total. The van der Waals surface area contributed by atoms with Crippen molar-refractivity contribution in [1.29, 1.82) is 0 Å². The molecule has 7 heteroatoms. The normalized spacial score (nSPS) is 17.3. The first kappa shape index (κ1) is 18.6. The number of alkyl halides is 2. The van der Waals surface area contributed by atoms with E-state index in [0.29, 0.717) is 19.6 Å². The number of piperidine rings is 1. The van der Waals surface area contributed by atoms with Crippen LogP contribution < -0.4 is 10.6 Å². The summed E-state index contributed by atoms with van der Waals surface area (Å²) in [5.41, 5.74) is 2.08. The van der Waals surface area contributed by atoms with Gasteiger partial charge in [-0.1, -0.05) is 6.07 Å². The number of rotatable bonds is 6. The molecule has 2 heterocycles. The second-order valence-corrected chi connectivity index (χ2v) is 6.07. The fraction of sp³-hybridized carbons (Fsp3) is 0.647. The van der Waals surface area contributed by atoms with Gasteiger partial charge in [0.2, 0.25) is 0 Å². The lowest BCUT2D eigenvalue weighted by molar-refractivity contribution is 0.0744. The number of hydrogen-bond acceptors (Lipinski definition) is 3. The molecule has 1 aromatic rings. The molecule has 1 aliphatic rings. The summed E-state index contributed by atoms with van der Waals surface area (Å²) in [5, 5.41) is 6.66. The van der Waals surface area contributed by atoms with E-state index in [1.165, 1.54) is 0 Å². The Labute approximate surface area is 142 Å². The molecule has 0 bridgehead atoms. The zero-order valence-corrected chi connectivity index (χ0v) is 14.4. The molecule has 134 valence electrons. The lowest BCUT2D eigenvalue weighted by Crippen LogP contribution is -2.49. The Balaban J connectivity index is 1.87. The summed E-state index contributed by atoms with van der Waals surface area (Å²) in [6.45, 7) is 6.61. The molecule has 1 saturated heterocycles. The average molecular weight is 339 g/mol. The van der Waals surface area contributed by atoms with Gasteiger partial charge in [-0.05, 0) is 38.3 Å². The van der Waals surface area contributed by atoms with Crippen LogP contribution in [-0.2, 0) is 6.54 Å². The van der Waals surface area contributed by atoms with Crippen molar-refractivity contribution in [2.45, 2.75) is 45.7 Å². The van der Waals surface area contributed by atoms with Crippen molar-refractivity contribution in [2.75, 3.05) is 26.2 Å². The molecule has 2 rings (SSSR count). The number of halogens is 2. The van der Waals surface area contributed by atoms with Crippen molar-refractivity contribution in [3.8, 4) is 0 Å². The number of nitrogens with one attached hydrogen (secondary N) is 2. The van der Waals surface area contributed by atoms with Gasteiger partial charge in [0.15, 0.2) is 5.96 Å². The third-order valence-electron chi connectivity index (χ3n) is 4.17. The molecule has 1 aliphatic heterocycles. The van der Waals surface area contributed by atoms with Gasteiger partial charge in [0, 0.05) is 31.9 Å². The Kier molecular flexibility index (Phi) is 7.36. The van der Waals surface area contributed by atoms with Gasteiger partial charge in [-0.2, -0.15) is 0 Å². The number of hydrogen-bond donors (Lipinski definition) is 2. The first-order valence-corrected chi connectivity index (χ1v) is 8.54. The summed E-state index contributed by atoms with van der Waals surface area (Å²) >= 11 is 0. The smallest absolute Gasteiger partial charge is 0.251 e. The standard InChI is InChI=1S/C17H27F2N5/c1-3-20-17(22-11-15-13(2)5-4-8-21-15)23-14-6-9-24(10-7-14)12-16(18)19/h4-5,8,14,16H,3,6-7,9-12H2,1-2H3,(H2,20,22,23). The molecule has 0 atom stereocenters. The average Bonchev–Trinajstić information content (AvgIpc) is 2.55. The van der Waals surface area contributed by atoms with Crippen molar-refractivity contribution in [3.63, 3.8) is 0 Å². The van der Waals surface area contributed by atoms with Crippen LogP contribution in [0, 0.1) is 6.92 Å². The Morgan fingerprint density at radius 1 is 1.42 bits per heavy atom. The molecule has 0 aromatic carbocycles. The van der Waals surface area contributed by atoms with E-state index in [2.05, 4.69) is 20.6 Å². The molecule has 0 saturated carbocycles. The zero-order chi connectivity index (χ0) is 17.4. The van der Waals surface area contributed by atoms with Gasteiger partial charge in [-0.3, -0.25) is 9.88 Å². The van der Waals surface area contributed by atoms with Crippen LogP contribution in [-0.4, -0.2) is 54.5 Å². The topological polar surface area (TPSA) is 52.6 Å². The lowest BCUT2D eigenvalue weighted by atomic mass is 10.1. The van der Waals surface area contributed by atoms with Crippen LogP contribution in [0.4, 0.5) is 8.78 Å². The third kappa shape index (κ3) is 6.03. The highest BCUT2D eigenvalue weighted by molar-refractivity contribution is 5.80.